The fraction of sp³-hybridized carbons (Fsp3) is 0.312. The van der Waals surface area contributed by atoms with Crippen molar-refractivity contribution in [2.24, 2.45) is 11.8 Å². The van der Waals surface area contributed by atoms with Gasteiger partial charge in [0.1, 0.15) is 0 Å². The van der Waals surface area contributed by atoms with Crippen LogP contribution in [0.4, 0.5) is 5.69 Å². The third kappa shape index (κ3) is 2.94. The number of nitrogens with one attached hydrogen (secondary N) is 1. The lowest BCUT2D eigenvalue weighted by molar-refractivity contribution is 0.0957. The first kappa shape index (κ1) is 14.1. The van der Waals surface area contributed by atoms with E-state index in [1.807, 2.05) is 12.1 Å². The standard InChI is InChI=1S/C16H19N3OS/c1-11-8-12-4-2-3-5-14(12)19(9-11)10-13-6-7-15(21-13)16(20)18-17/h2-7,11H,8-10,17H2,1H3,(H,18,20). The van der Waals surface area contributed by atoms with Crippen LogP contribution in [0.5, 0.6) is 0 Å². The monoisotopic (exact) mass is 301 g/mol. The lowest BCUT2D eigenvalue weighted by atomic mass is 9.94. The second kappa shape index (κ2) is 5.87. The highest BCUT2D eigenvalue weighted by Gasteiger charge is 2.22. The predicted octanol–water partition coefficient (Wildman–Crippen LogP) is 2.55. The number of para-hydroxylation sites is 1. The average Bonchev–Trinajstić information content (AvgIpc) is 2.95. The number of amides is 1. The van der Waals surface area contributed by atoms with Crippen LogP contribution in [0.1, 0.15) is 27.0 Å². The van der Waals surface area contributed by atoms with E-state index in [-0.39, 0.29) is 5.91 Å². The van der Waals surface area contributed by atoms with Gasteiger partial charge >= 0.3 is 0 Å². The van der Waals surface area contributed by atoms with Crippen LogP contribution >= 0.6 is 11.3 Å². The molecule has 0 saturated carbocycles. The van der Waals surface area contributed by atoms with Crippen molar-refractivity contribution in [3.05, 3.63) is 51.7 Å². The van der Waals surface area contributed by atoms with Gasteiger partial charge in [0.05, 0.1) is 11.4 Å². The number of hydrogen-bond acceptors (Lipinski definition) is 4. The number of hydrogen-bond donors (Lipinski definition) is 2. The molecule has 0 spiro atoms. The minimum Gasteiger partial charge on any atom is -0.366 e. The van der Waals surface area contributed by atoms with Crippen LogP contribution in [0.15, 0.2) is 36.4 Å². The van der Waals surface area contributed by atoms with Gasteiger partial charge in [0, 0.05) is 17.1 Å². The number of fused-ring (bicyclic) bond motifs is 1. The number of hydrazine groups is 1. The van der Waals surface area contributed by atoms with Gasteiger partial charge in [-0.1, -0.05) is 25.1 Å². The smallest absolute Gasteiger partial charge is 0.275 e. The van der Waals surface area contributed by atoms with Crippen LogP contribution in [0.2, 0.25) is 0 Å². The molecule has 2 aromatic rings. The van der Waals surface area contributed by atoms with Crippen molar-refractivity contribution in [1.82, 2.24) is 5.43 Å². The topological polar surface area (TPSA) is 58.4 Å². The molecule has 1 unspecified atom stereocenters. The number of nitrogens with zero attached hydrogens (tertiary/aromatic N) is 1. The summed E-state index contributed by atoms with van der Waals surface area (Å²) in [6.07, 6.45) is 1.14. The summed E-state index contributed by atoms with van der Waals surface area (Å²) in [5, 5.41) is 0. The Bertz CT molecular complexity index is 652. The highest BCUT2D eigenvalue weighted by molar-refractivity contribution is 7.14. The van der Waals surface area contributed by atoms with E-state index in [1.165, 1.54) is 27.5 Å². The third-order valence-corrected chi connectivity index (χ3v) is 4.86. The molecule has 5 heteroatoms. The zero-order valence-electron chi connectivity index (χ0n) is 12.0. The molecular weight excluding hydrogens is 282 g/mol. The molecule has 1 aliphatic heterocycles. The Labute approximate surface area is 128 Å². The van der Waals surface area contributed by atoms with Gasteiger partial charge in [-0.25, -0.2) is 5.84 Å². The first-order chi connectivity index (χ1) is 10.2. The molecule has 1 aliphatic rings. The maximum atomic E-state index is 11.5. The number of anilines is 1. The maximum absolute atomic E-state index is 11.5. The molecule has 2 heterocycles. The zero-order chi connectivity index (χ0) is 14.8. The summed E-state index contributed by atoms with van der Waals surface area (Å²) in [6.45, 7) is 4.17. The fourth-order valence-electron chi connectivity index (χ4n) is 2.90. The van der Waals surface area contributed by atoms with E-state index in [9.17, 15) is 4.79 Å². The second-order valence-corrected chi connectivity index (χ2v) is 6.73. The Balaban J connectivity index is 1.82. The molecule has 0 bridgehead atoms. The Morgan fingerprint density at radius 3 is 3.00 bits per heavy atom. The quantitative estimate of drug-likeness (QED) is 0.520. The van der Waals surface area contributed by atoms with Crippen LogP contribution in [0.25, 0.3) is 0 Å². The molecule has 110 valence electrons. The molecule has 1 amide bonds. The highest BCUT2D eigenvalue weighted by Crippen LogP contribution is 2.31. The molecule has 1 aromatic heterocycles. The minimum absolute atomic E-state index is 0.223. The number of thiophene rings is 1. The summed E-state index contributed by atoms with van der Waals surface area (Å²) in [4.78, 5) is 15.8. The molecule has 21 heavy (non-hydrogen) atoms. The van der Waals surface area contributed by atoms with E-state index in [4.69, 9.17) is 5.84 Å². The van der Waals surface area contributed by atoms with Crippen LogP contribution in [-0.4, -0.2) is 12.5 Å². The van der Waals surface area contributed by atoms with E-state index in [0.717, 1.165) is 19.5 Å². The molecular formula is C16H19N3OS. The normalized spacial score (nSPS) is 17.4. The van der Waals surface area contributed by atoms with Crippen LogP contribution in [-0.2, 0) is 13.0 Å². The molecule has 3 rings (SSSR count). The van der Waals surface area contributed by atoms with Crippen molar-refractivity contribution in [3.8, 4) is 0 Å². The fourth-order valence-corrected chi connectivity index (χ4v) is 3.83. The number of nitrogens with two attached hydrogens (primary N) is 1. The van der Waals surface area contributed by atoms with E-state index in [0.29, 0.717) is 10.8 Å². The minimum atomic E-state index is -0.223. The number of nitrogen functional groups attached to an aromatic ring is 1. The SMILES string of the molecule is CC1Cc2ccccc2N(Cc2ccc(C(=O)NN)s2)C1. The first-order valence-electron chi connectivity index (χ1n) is 7.10. The average molecular weight is 301 g/mol. The Kier molecular flexibility index (Phi) is 3.94. The Morgan fingerprint density at radius 2 is 2.19 bits per heavy atom. The second-order valence-electron chi connectivity index (χ2n) is 5.56. The van der Waals surface area contributed by atoms with E-state index in [2.05, 4.69) is 41.5 Å². The molecule has 1 atom stereocenters. The zero-order valence-corrected chi connectivity index (χ0v) is 12.8. The summed E-state index contributed by atoms with van der Waals surface area (Å²) in [5.41, 5.74) is 4.90. The number of carbonyl (C=O) groups excluding carboxylic acids is 1. The van der Waals surface area contributed by atoms with Crippen molar-refractivity contribution < 1.29 is 4.79 Å². The molecule has 0 saturated heterocycles. The molecule has 0 aliphatic carbocycles. The van der Waals surface area contributed by atoms with Gasteiger partial charge in [-0.3, -0.25) is 10.2 Å². The van der Waals surface area contributed by atoms with Gasteiger partial charge in [0.2, 0.25) is 0 Å². The summed E-state index contributed by atoms with van der Waals surface area (Å²) in [7, 11) is 0. The van der Waals surface area contributed by atoms with Crippen molar-refractivity contribution in [2.75, 3.05) is 11.4 Å². The van der Waals surface area contributed by atoms with E-state index in [1.54, 1.807) is 0 Å². The number of carbonyl (C=O) groups is 1. The van der Waals surface area contributed by atoms with Gasteiger partial charge in [-0.05, 0) is 36.1 Å². The number of benzene rings is 1. The first-order valence-corrected chi connectivity index (χ1v) is 7.91. The van der Waals surface area contributed by atoms with Gasteiger partial charge in [-0.15, -0.1) is 11.3 Å². The third-order valence-electron chi connectivity index (χ3n) is 3.80. The Hall–Kier alpha value is -1.85. The lowest BCUT2D eigenvalue weighted by Gasteiger charge is -2.34. The van der Waals surface area contributed by atoms with E-state index >= 15 is 0 Å². The summed E-state index contributed by atoms with van der Waals surface area (Å²) in [5.74, 6) is 5.60. The van der Waals surface area contributed by atoms with Crippen LogP contribution < -0.4 is 16.2 Å². The lowest BCUT2D eigenvalue weighted by Crippen LogP contribution is -2.33. The largest absolute Gasteiger partial charge is 0.366 e. The van der Waals surface area contributed by atoms with Crippen LogP contribution in [0.3, 0.4) is 0 Å². The van der Waals surface area contributed by atoms with Crippen molar-refractivity contribution >= 4 is 22.9 Å². The van der Waals surface area contributed by atoms with Crippen molar-refractivity contribution in [3.63, 3.8) is 0 Å². The highest BCUT2D eigenvalue weighted by atomic mass is 32.1. The van der Waals surface area contributed by atoms with Gasteiger partial charge in [-0.2, -0.15) is 0 Å². The number of rotatable bonds is 3. The molecule has 0 fully saturated rings. The van der Waals surface area contributed by atoms with Crippen molar-refractivity contribution in [2.45, 2.75) is 19.9 Å². The van der Waals surface area contributed by atoms with Gasteiger partial charge in [0.15, 0.2) is 0 Å². The summed E-state index contributed by atoms with van der Waals surface area (Å²) in [6, 6.07) is 12.4. The van der Waals surface area contributed by atoms with Gasteiger partial charge < -0.3 is 4.90 Å². The molecule has 0 radical (unpaired) electrons. The van der Waals surface area contributed by atoms with Crippen LogP contribution in [0, 0.1) is 5.92 Å². The molecule has 1 aromatic carbocycles. The summed E-state index contributed by atoms with van der Waals surface area (Å²) >= 11 is 1.50. The maximum Gasteiger partial charge on any atom is 0.275 e. The predicted molar refractivity (Wildman–Crippen MR) is 86.3 cm³/mol. The van der Waals surface area contributed by atoms with Crippen molar-refractivity contribution in [1.29, 1.82) is 0 Å². The molecule has 4 nitrogen and oxygen atoms in total. The Morgan fingerprint density at radius 1 is 1.38 bits per heavy atom. The molecule has 3 N–H and O–H groups in total. The van der Waals surface area contributed by atoms with Gasteiger partial charge in [0.25, 0.3) is 5.91 Å². The summed E-state index contributed by atoms with van der Waals surface area (Å²) < 4.78 is 0. The van der Waals surface area contributed by atoms with E-state index < -0.39 is 0 Å².